The molecule has 4 heteroatoms. The van der Waals surface area contributed by atoms with Gasteiger partial charge in [0.25, 0.3) is 0 Å². The molecule has 0 saturated heterocycles. The van der Waals surface area contributed by atoms with E-state index >= 15 is 0 Å². The Kier molecular flexibility index (Phi) is 8.76. The van der Waals surface area contributed by atoms with Crippen molar-refractivity contribution in [3.8, 4) is 0 Å². The molecule has 0 aromatic carbocycles. The Bertz CT molecular complexity index is 199. The van der Waals surface area contributed by atoms with Gasteiger partial charge < -0.3 is 10.1 Å². The number of methoxy groups -OCH3 is 1. The molecule has 1 N–H and O–H groups in total. The molecule has 3 nitrogen and oxygen atoms in total. The standard InChI is InChI=1S/C12H25NO2S/c1-5-9-13-12(3,11(14)15-4)8-7-10-16-6-2/h13H,5-10H2,1-4H3. The van der Waals surface area contributed by atoms with Crippen molar-refractivity contribution in [2.45, 2.75) is 45.6 Å². The summed E-state index contributed by atoms with van der Waals surface area (Å²) in [7, 11) is 1.45. The fourth-order valence-corrected chi connectivity index (χ4v) is 2.20. The molecular weight excluding hydrogens is 222 g/mol. The molecule has 1 unspecified atom stereocenters. The Labute approximate surface area is 104 Å². The Morgan fingerprint density at radius 2 is 2.12 bits per heavy atom. The molecule has 0 saturated carbocycles. The van der Waals surface area contributed by atoms with Crippen molar-refractivity contribution < 1.29 is 9.53 Å². The molecule has 0 spiro atoms. The second-order valence-corrected chi connectivity index (χ2v) is 5.44. The minimum Gasteiger partial charge on any atom is -0.468 e. The molecule has 0 rings (SSSR count). The van der Waals surface area contributed by atoms with E-state index < -0.39 is 5.54 Å². The van der Waals surface area contributed by atoms with Crippen LogP contribution in [-0.4, -0.2) is 36.7 Å². The predicted molar refractivity (Wildman–Crippen MR) is 70.9 cm³/mol. The highest BCUT2D eigenvalue weighted by molar-refractivity contribution is 7.99. The van der Waals surface area contributed by atoms with Crippen molar-refractivity contribution in [3.05, 3.63) is 0 Å². The zero-order valence-electron chi connectivity index (χ0n) is 11.0. The number of ether oxygens (including phenoxy) is 1. The summed E-state index contributed by atoms with van der Waals surface area (Å²) in [4.78, 5) is 11.7. The Balaban J connectivity index is 4.13. The van der Waals surface area contributed by atoms with E-state index in [0.29, 0.717) is 0 Å². The quantitative estimate of drug-likeness (QED) is 0.502. The summed E-state index contributed by atoms with van der Waals surface area (Å²) < 4.78 is 4.86. The van der Waals surface area contributed by atoms with E-state index in [1.165, 1.54) is 7.11 Å². The van der Waals surface area contributed by atoms with Crippen LogP contribution in [0, 0.1) is 0 Å². The van der Waals surface area contributed by atoms with Crippen molar-refractivity contribution in [3.63, 3.8) is 0 Å². The molecule has 0 aliphatic heterocycles. The maximum atomic E-state index is 11.7. The van der Waals surface area contributed by atoms with E-state index in [1.807, 2.05) is 18.7 Å². The molecule has 0 radical (unpaired) electrons. The number of rotatable bonds is 9. The fourth-order valence-electron chi connectivity index (χ4n) is 1.56. The van der Waals surface area contributed by atoms with Crippen LogP contribution < -0.4 is 5.32 Å². The van der Waals surface area contributed by atoms with Gasteiger partial charge in [0.15, 0.2) is 0 Å². The molecule has 96 valence electrons. The number of hydrogen-bond acceptors (Lipinski definition) is 4. The number of nitrogens with one attached hydrogen (secondary N) is 1. The van der Waals surface area contributed by atoms with Crippen LogP contribution in [0.25, 0.3) is 0 Å². The predicted octanol–water partition coefficient (Wildman–Crippen LogP) is 2.45. The van der Waals surface area contributed by atoms with Gasteiger partial charge in [0.2, 0.25) is 0 Å². The fraction of sp³-hybridized carbons (Fsp3) is 0.917. The normalized spacial score (nSPS) is 14.5. The molecule has 0 aliphatic carbocycles. The SMILES string of the molecule is CCCNC(C)(CCCSCC)C(=O)OC. The zero-order chi connectivity index (χ0) is 12.4. The van der Waals surface area contributed by atoms with Crippen LogP contribution in [0.2, 0.25) is 0 Å². The van der Waals surface area contributed by atoms with Crippen molar-refractivity contribution in [1.29, 1.82) is 0 Å². The number of thioether (sulfide) groups is 1. The zero-order valence-corrected chi connectivity index (χ0v) is 11.8. The molecular formula is C12H25NO2S. The second-order valence-electron chi connectivity index (χ2n) is 4.05. The summed E-state index contributed by atoms with van der Waals surface area (Å²) in [5, 5.41) is 3.29. The van der Waals surface area contributed by atoms with E-state index in [9.17, 15) is 4.79 Å². The van der Waals surface area contributed by atoms with Crippen molar-refractivity contribution >= 4 is 17.7 Å². The summed E-state index contributed by atoms with van der Waals surface area (Å²) in [6.07, 6.45) is 2.91. The second kappa shape index (κ2) is 8.88. The summed E-state index contributed by atoms with van der Waals surface area (Å²) in [6.45, 7) is 7.04. The first-order valence-electron chi connectivity index (χ1n) is 6.02. The van der Waals surface area contributed by atoms with Gasteiger partial charge in [0.05, 0.1) is 7.11 Å². The van der Waals surface area contributed by atoms with Gasteiger partial charge in [-0.05, 0) is 44.2 Å². The van der Waals surface area contributed by atoms with Gasteiger partial charge >= 0.3 is 5.97 Å². The maximum absolute atomic E-state index is 11.7. The largest absolute Gasteiger partial charge is 0.468 e. The number of carbonyl (C=O) groups excluding carboxylic acids is 1. The number of carbonyl (C=O) groups is 1. The number of esters is 1. The van der Waals surface area contributed by atoms with Crippen LogP contribution in [0.3, 0.4) is 0 Å². The Hall–Kier alpha value is -0.220. The van der Waals surface area contributed by atoms with Gasteiger partial charge in [-0.2, -0.15) is 11.8 Å². The minimum absolute atomic E-state index is 0.151. The third kappa shape index (κ3) is 5.75. The lowest BCUT2D eigenvalue weighted by atomic mass is 9.96. The number of hydrogen-bond donors (Lipinski definition) is 1. The van der Waals surface area contributed by atoms with Crippen molar-refractivity contribution in [1.82, 2.24) is 5.32 Å². The lowest BCUT2D eigenvalue weighted by molar-refractivity contribution is -0.148. The lowest BCUT2D eigenvalue weighted by Crippen LogP contribution is -2.50. The van der Waals surface area contributed by atoms with Crippen LogP contribution in [-0.2, 0) is 9.53 Å². The lowest BCUT2D eigenvalue weighted by Gasteiger charge is -2.27. The Morgan fingerprint density at radius 1 is 1.44 bits per heavy atom. The molecule has 0 bridgehead atoms. The summed E-state index contributed by atoms with van der Waals surface area (Å²) in [5.74, 6) is 2.09. The first-order chi connectivity index (χ1) is 7.60. The first-order valence-corrected chi connectivity index (χ1v) is 7.17. The third-order valence-corrected chi connectivity index (χ3v) is 3.56. The highest BCUT2D eigenvalue weighted by Gasteiger charge is 2.32. The molecule has 0 aliphatic rings. The molecule has 16 heavy (non-hydrogen) atoms. The van der Waals surface area contributed by atoms with Crippen molar-refractivity contribution in [2.24, 2.45) is 0 Å². The topological polar surface area (TPSA) is 38.3 Å². The van der Waals surface area contributed by atoms with Gasteiger partial charge in [-0.3, -0.25) is 4.79 Å². The van der Waals surface area contributed by atoms with Gasteiger partial charge in [0, 0.05) is 0 Å². The highest BCUT2D eigenvalue weighted by atomic mass is 32.2. The van der Waals surface area contributed by atoms with E-state index in [-0.39, 0.29) is 5.97 Å². The summed E-state index contributed by atoms with van der Waals surface area (Å²) in [5.41, 5.74) is -0.515. The van der Waals surface area contributed by atoms with E-state index in [4.69, 9.17) is 4.74 Å². The van der Waals surface area contributed by atoms with E-state index in [0.717, 1.165) is 37.3 Å². The monoisotopic (exact) mass is 247 g/mol. The molecule has 0 aromatic rings. The molecule has 0 fully saturated rings. The van der Waals surface area contributed by atoms with Gasteiger partial charge in [-0.25, -0.2) is 0 Å². The molecule has 0 heterocycles. The molecule has 0 aromatic heterocycles. The van der Waals surface area contributed by atoms with Crippen molar-refractivity contribution in [2.75, 3.05) is 25.2 Å². The average molecular weight is 247 g/mol. The Morgan fingerprint density at radius 3 is 2.62 bits per heavy atom. The maximum Gasteiger partial charge on any atom is 0.325 e. The van der Waals surface area contributed by atoms with E-state index in [1.54, 1.807) is 0 Å². The molecule has 0 amide bonds. The third-order valence-electron chi connectivity index (χ3n) is 2.57. The van der Waals surface area contributed by atoms with Crippen LogP contribution in [0.5, 0.6) is 0 Å². The highest BCUT2D eigenvalue weighted by Crippen LogP contribution is 2.16. The minimum atomic E-state index is -0.515. The van der Waals surface area contributed by atoms with Crippen LogP contribution in [0.15, 0.2) is 0 Å². The van der Waals surface area contributed by atoms with Gasteiger partial charge in [-0.1, -0.05) is 13.8 Å². The van der Waals surface area contributed by atoms with Crippen LogP contribution in [0.4, 0.5) is 0 Å². The van der Waals surface area contributed by atoms with Crippen LogP contribution >= 0.6 is 11.8 Å². The summed E-state index contributed by atoms with van der Waals surface area (Å²) in [6, 6.07) is 0. The average Bonchev–Trinajstić information content (AvgIpc) is 2.31. The first kappa shape index (κ1) is 15.8. The van der Waals surface area contributed by atoms with E-state index in [2.05, 4.69) is 19.2 Å². The smallest absolute Gasteiger partial charge is 0.325 e. The van der Waals surface area contributed by atoms with Gasteiger partial charge in [-0.15, -0.1) is 0 Å². The summed E-state index contributed by atoms with van der Waals surface area (Å²) >= 11 is 1.91. The molecule has 1 atom stereocenters. The van der Waals surface area contributed by atoms with Gasteiger partial charge in [0.1, 0.15) is 5.54 Å². The van der Waals surface area contributed by atoms with Crippen LogP contribution in [0.1, 0.15) is 40.0 Å².